The van der Waals surface area contributed by atoms with Crippen molar-refractivity contribution >= 4 is 27.0 Å². The van der Waals surface area contributed by atoms with Crippen LogP contribution in [0.2, 0.25) is 0 Å². The molecule has 1 aromatic carbocycles. The minimum Gasteiger partial charge on any atom is -0.464 e. The molecular formula is C18H25N3O6S. The Bertz CT molecular complexity index is 1100. The molecule has 0 saturated heterocycles. The zero-order valence-corrected chi connectivity index (χ0v) is 17.3. The largest absolute Gasteiger partial charge is 0.464 e. The average molecular weight is 411 g/mol. The fraction of sp³-hybridized carbons (Fsp3) is 0.500. The predicted octanol–water partition coefficient (Wildman–Crippen LogP) is 0.777. The summed E-state index contributed by atoms with van der Waals surface area (Å²) in [5.41, 5.74) is -1.13. The lowest BCUT2D eigenvalue weighted by molar-refractivity contribution is -0.144. The van der Waals surface area contributed by atoms with Crippen LogP contribution in [0.4, 0.5) is 0 Å². The summed E-state index contributed by atoms with van der Waals surface area (Å²) in [6.07, 6.45) is 1.53. The highest BCUT2D eigenvalue weighted by Crippen LogP contribution is 2.19. The number of esters is 1. The van der Waals surface area contributed by atoms with Gasteiger partial charge in [0, 0.05) is 20.6 Å². The molecule has 2 rings (SSSR count). The van der Waals surface area contributed by atoms with Crippen LogP contribution in [-0.4, -0.2) is 48.5 Å². The van der Waals surface area contributed by atoms with E-state index in [4.69, 9.17) is 4.74 Å². The fourth-order valence-corrected chi connectivity index (χ4v) is 3.67. The normalized spacial score (nSPS) is 11.9. The van der Waals surface area contributed by atoms with E-state index < -0.39 is 33.7 Å². The van der Waals surface area contributed by atoms with Crippen molar-refractivity contribution in [1.82, 2.24) is 13.4 Å². The molecule has 0 fully saturated rings. The molecule has 2 aromatic rings. The van der Waals surface area contributed by atoms with Gasteiger partial charge in [-0.15, -0.1) is 0 Å². The molecule has 10 heteroatoms. The summed E-state index contributed by atoms with van der Waals surface area (Å²) in [7, 11) is -0.972. The molecule has 1 aromatic heterocycles. The number of sulfonamides is 1. The van der Waals surface area contributed by atoms with Crippen LogP contribution in [-0.2, 0) is 32.6 Å². The zero-order chi connectivity index (χ0) is 21.1. The molecule has 154 valence electrons. The highest BCUT2D eigenvalue weighted by atomic mass is 32.2. The maximum absolute atomic E-state index is 12.6. The first kappa shape index (κ1) is 21.8. The van der Waals surface area contributed by atoms with E-state index in [9.17, 15) is 22.8 Å². The third-order valence-electron chi connectivity index (χ3n) is 4.34. The number of nitrogens with zero attached hydrogens (tertiary/aromatic N) is 3. The summed E-state index contributed by atoms with van der Waals surface area (Å²) in [5, 5.41) is 0. The second kappa shape index (κ2) is 8.70. The number of hydrogen-bond acceptors (Lipinski definition) is 6. The number of rotatable bonds is 8. The van der Waals surface area contributed by atoms with Gasteiger partial charge in [-0.1, -0.05) is 13.3 Å². The topological polar surface area (TPSA) is 108 Å². The Kier molecular flexibility index (Phi) is 6.78. The number of ether oxygens (including phenoxy) is 1. The lowest BCUT2D eigenvalue weighted by Gasteiger charge is -2.16. The van der Waals surface area contributed by atoms with E-state index in [1.807, 2.05) is 6.92 Å². The quantitative estimate of drug-likeness (QED) is 0.361. The Morgan fingerprint density at radius 3 is 2.29 bits per heavy atom. The van der Waals surface area contributed by atoms with Gasteiger partial charge in [0.2, 0.25) is 10.0 Å². The van der Waals surface area contributed by atoms with Gasteiger partial charge in [-0.3, -0.25) is 19.0 Å². The number of aryl methyl sites for hydroxylation is 1. The van der Waals surface area contributed by atoms with E-state index in [1.165, 1.54) is 36.9 Å². The van der Waals surface area contributed by atoms with Gasteiger partial charge in [-0.25, -0.2) is 12.7 Å². The number of carbonyl (C=O) groups excluding carboxylic acids is 1. The van der Waals surface area contributed by atoms with Crippen LogP contribution in [0.3, 0.4) is 0 Å². The van der Waals surface area contributed by atoms with Crippen molar-refractivity contribution < 1.29 is 17.9 Å². The van der Waals surface area contributed by atoms with Crippen molar-refractivity contribution in [1.29, 1.82) is 0 Å². The van der Waals surface area contributed by atoms with Gasteiger partial charge in [-0.2, -0.15) is 0 Å². The van der Waals surface area contributed by atoms with Gasteiger partial charge in [-0.05, 0) is 31.5 Å². The molecule has 9 nitrogen and oxygen atoms in total. The van der Waals surface area contributed by atoms with Crippen LogP contribution in [0, 0.1) is 0 Å². The minimum atomic E-state index is -3.76. The van der Waals surface area contributed by atoms with Crippen LogP contribution >= 0.6 is 0 Å². The van der Waals surface area contributed by atoms with Gasteiger partial charge in [0.15, 0.2) is 0 Å². The van der Waals surface area contributed by atoms with E-state index in [1.54, 1.807) is 6.92 Å². The molecule has 0 aliphatic heterocycles. The number of hydrogen-bond donors (Lipinski definition) is 0. The third kappa shape index (κ3) is 4.17. The van der Waals surface area contributed by atoms with Gasteiger partial charge < -0.3 is 9.30 Å². The number of benzene rings is 1. The van der Waals surface area contributed by atoms with Crippen molar-refractivity contribution in [3.05, 3.63) is 38.9 Å². The zero-order valence-electron chi connectivity index (χ0n) is 16.5. The maximum Gasteiger partial charge on any atom is 0.326 e. The summed E-state index contributed by atoms with van der Waals surface area (Å²) < 4.78 is 33.3. The molecule has 0 radical (unpaired) electrons. The van der Waals surface area contributed by atoms with Gasteiger partial charge in [0.05, 0.1) is 22.5 Å². The lowest BCUT2D eigenvalue weighted by Crippen LogP contribution is -2.42. The number of unbranched alkanes of at least 4 members (excludes halogenated alkanes) is 1. The molecule has 0 unspecified atom stereocenters. The molecule has 0 aliphatic carbocycles. The standard InChI is InChI=1S/C18H25N3O6S/c1-5-7-10-27-16(22)12-21-15-11-13(28(25,26)19(3)4)8-9-14(15)20(6-2)17(23)18(21)24/h8-9,11H,5-7,10,12H2,1-4H3. The van der Waals surface area contributed by atoms with Crippen molar-refractivity contribution in [2.24, 2.45) is 0 Å². The monoisotopic (exact) mass is 411 g/mol. The summed E-state index contributed by atoms with van der Waals surface area (Å²) in [6.45, 7) is 3.63. The third-order valence-corrected chi connectivity index (χ3v) is 6.16. The molecule has 0 aliphatic rings. The Balaban J connectivity index is 2.70. The van der Waals surface area contributed by atoms with Gasteiger partial charge in [0.25, 0.3) is 0 Å². The second-order valence-corrected chi connectivity index (χ2v) is 8.60. The maximum atomic E-state index is 12.6. The van der Waals surface area contributed by atoms with E-state index >= 15 is 0 Å². The molecule has 0 N–H and O–H groups in total. The molecule has 0 atom stereocenters. The van der Waals surface area contributed by atoms with Crippen molar-refractivity contribution in [3.8, 4) is 0 Å². The van der Waals surface area contributed by atoms with Gasteiger partial charge >= 0.3 is 17.1 Å². The molecule has 0 spiro atoms. The van der Waals surface area contributed by atoms with E-state index in [2.05, 4.69) is 0 Å². The smallest absolute Gasteiger partial charge is 0.326 e. The van der Waals surface area contributed by atoms with Crippen molar-refractivity contribution in [2.75, 3.05) is 20.7 Å². The number of carbonyl (C=O) groups is 1. The Labute approximate surface area is 163 Å². The van der Waals surface area contributed by atoms with Crippen molar-refractivity contribution in [3.63, 3.8) is 0 Å². The lowest BCUT2D eigenvalue weighted by atomic mass is 10.2. The molecular weight excluding hydrogens is 386 g/mol. The molecule has 0 amide bonds. The van der Waals surface area contributed by atoms with E-state index in [0.717, 1.165) is 15.3 Å². The van der Waals surface area contributed by atoms with Crippen LogP contribution in [0.5, 0.6) is 0 Å². The summed E-state index contributed by atoms with van der Waals surface area (Å²) in [4.78, 5) is 37.1. The first-order valence-electron chi connectivity index (χ1n) is 9.00. The Hall–Kier alpha value is -2.46. The molecule has 1 heterocycles. The van der Waals surface area contributed by atoms with Crippen LogP contribution in [0.1, 0.15) is 26.7 Å². The van der Waals surface area contributed by atoms with E-state index in [-0.39, 0.29) is 23.6 Å². The van der Waals surface area contributed by atoms with Crippen LogP contribution in [0.15, 0.2) is 32.7 Å². The van der Waals surface area contributed by atoms with Crippen LogP contribution in [0.25, 0.3) is 11.0 Å². The summed E-state index contributed by atoms with van der Waals surface area (Å²) >= 11 is 0. The second-order valence-electron chi connectivity index (χ2n) is 6.45. The predicted molar refractivity (Wildman–Crippen MR) is 105 cm³/mol. The Morgan fingerprint density at radius 1 is 1.07 bits per heavy atom. The number of aromatic nitrogens is 2. The minimum absolute atomic E-state index is 0.0428. The molecule has 0 saturated carbocycles. The first-order valence-corrected chi connectivity index (χ1v) is 10.4. The fourth-order valence-electron chi connectivity index (χ4n) is 2.74. The molecule has 0 bridgehead atoms. The van der Waals surface area contributed by atoms with Crippen molar-refractivity contribution in [2.45, 2.75) is 44.7 Å². The average Bonchev–Trinajstić information content (AvgIpc) is 2.65. The molecule has 28 heavy (non-hydrogen) atoms. The highest BCUT2D eigenvalue weighted by molar-refractivity contribution is 7.89. The SMILES string of the molecule is CCCCOC(=O)Cn1c(=O)c(=O)n(CC)c2ccc(S(=O)(=O)N(C)C)cc21. The van der Waals surface area contributed by atoms with E-state index in [0.29, 0.717) is 11.9 Å². The number of fused-ring (bicyclic) bond motifs is 1. The first-order chi connectivity index (χ1) is 13.1. The highest BCUT2D eigenvalue weighted by Gasteiger charge is 2.21. The summed E-state index contributed by atoms with van der Waals surface area (Å²) in [5.74, 6) is -0.661. The van der Waals surface area contributed by atoms with Gasteiger partial charge in [0.1, 0.15) is 6.54 Å². The Morgan fingerprint density at radius 2 is 1.71 bits per heavy atom. The summed E-state index contributed by atoms with van der Waals surface area (Å²) in [6, 6.07) is 4.14. The van der Waals surface area contributed by atoms with Crippen LogP contribution < -0.4 is 11.1 Å².